The van der Waals surface area contributed by atoms with Crippen LogP contribution in [-0.2, 0) is 16.6 Å². The van der Waals surface area contributed by atoms with E-state index in [4.69, 9.17) is 0 Å². The molecule has 1 aromatic carbocycles. The van der Waals surface area contributed by atoms with Crippen LogP contribution in [0.25, 0.3) is 11.3 Å². The number of hydrogen-bond acceptors (Lipinski definition) is 4. The molecule has 114 valence electrons. The largest absolute Gasteiger partial charge is 0.311 e. The van der Waals surface area contributed by atoms with Crippen molar-refractivity contribution >= 4 is 10.0 Å². The van der Waals surface area contributed by atoms with Crippen molar-refractivity contribution in [3.05, 3.63) is 41.8 Å². The Bertz CT molecular complexity index is 682. The number of sulfonamides is 1. The van der Waals surface area contributed by atoms with Crippen LogP contribution >= 0.6 is 0 Å². The summed E-state index contributed by atoms with van der Waals surface area (Å²) in [6.45, 7) is 0.805. The highest BCUT2D eigenvalue weighted by molar-refractivity contribution is 7.89. The standard InChI is InChI=1S/C13H17FN4O2S/c1-15-21(19,20)7-6-16-8-11-9-17-18-13(11)10-2-4-12(14)5-3-10/h2-5,9,15-16H,6-8H2,1H3,(H,17,18). The summed E-state index contributed by atoms with van der Waals surface area (Å²) in [6, 6.07) is 6.09. The van der Waals surface area contributed by atoms with Crippen LogP contribution in [0.3, 0.4) is 0 Å². The fourth-order valence-corrected chi connectivity index (χ4v) is 2.46. The molecular formula is C13H17FN4O2S. The number of aromatic nitrogens is 2. The summed E-state index contributed by atoms with van der Waals surface area (Å²) in [5.41, 5.74) is 2.51. The second-order valence-electron chi connectivity index (χ2n) is 4.48. The van der Waals surface area contributed by atoms with Crippen molar-refractivity contribution in [3.63, 3.8) is 0 Å². The van der Waals surface area contributed by atoms with E-state index >= 15 is 0 Å². The maximum Gasteiger partial charge on any atom is 0.212 e. The molecule has 0 saturated carbocycles. The molecule has 0 aliphatic heterocycles. The Morgan fingerprint density at radius 1 is 1.29 bits per heavy atom. The molecule has 0 unspecified atom stereocenters. The Balaban J connectivity index is 1.96. The first-order valence-corrected chi connectivity index (χ1v) is 8.07. The molecule has 0 spiro atoms. The molecule has 2 rings (SSSR count). The van der Waals surface area contributed by atoms with Crippen LogP contribution in [0.2, 0.25) is 0 Å². The molecule has 0 saturated heterocycles. The number of rotatable bonds is 7. The Kier molecular flexibility index (Phi) is 5.05. The van der Waals surface area contributed by atoms with Crippen molar-refractivity contribution in [2.45, 2.75) is 6.54 Å². The fraction of sp³-hybridized carbons (Fsp3) is 0.308. The van der Waals surface area contributed by atoms with Crippen LogP contribution in [-0.4, -0.2) is 38.0 Å². The van der Waals surface area contributed by atoms with Gasteiger partial charge in [0.2, 0.25) is 10.0 Å². The molecule has 8 heteroatoms. The van der Waals surface area contributed by atoms with E-state index in [2.05, 4.69) is 20.2 Å². The van der Waals surface area contributed by atoms with E-state index in [1.54, 1.807) is 18.3 Å². The smallest absolute Gasteiger partial charge is 0.212 e. The van der Waals surface area contributed by atoms with Gasteiger partial charge in [-0.05, 0) is 31.3 Å². The van der Waals surface area contributed by atoms with Gasteiger partial charge in [0.15, 0.2) is 0 Å². The van der Waals surface area contributed by atoms with Gasteiger partial charge in [-0.15, -0.1) is 0 Å². The summed E-state index contributed by atoms with van der Waals surface area (Å²) >= 11 is 0. The molecule has 0 fully saturated rings. The van der Waals surface area contributed by atoms with Gasteiger partial charge in [-0.1, -0.05) is 0 Å². The van der Waals surface area contributed by atoms with Crippen LogP contribution in [0, 0.1) is 5.82 Å². The van der Waals surface area contributed by atoms with Crippen molar-refractivity contribution < 1.29 is 12.8 Å². The molecule has 0 aliphatic carbocycles. The first kappa shape index (κ1) is 15.6. The molecule has 2 aromatic rings. The molecule has 6 nitrogen and oxygen atoms in total. The average molecular weight is 312 g/mol. The van der Waals surface area contributed by atoms with E-state index in [-0.39, 0.29) is 11.6 Å². The quantitative estimate of drug-likeness (QED) is 0.662. The monoisotopic (exact) mass is 312 g/mol. The van der Waals surface area contributed by atoms with E-state index < -0.39 is 10.0 Å². The first-order valence-electron chi connectivity index (χ1n) is 6.42. The van der Waals surface area contributed by atoms with Crippen LogP contribution in [0.1, 0.15) is 5.56 Å². The highest BCUT2D eigenvalue weighted by atomic mass is 32.2. The zero-order valence-corrected chi connectivity index (χ0v) is 12.4. The van der Waals surface area contributed by atoms with Gasteiger partial charge in [-0.25, -0.2) is 17.5 Å². The van der Waals surface area contributed by atoms with Gasteiger partial charge in [0.1, 0.15) is 5.82 Å². The van der Waals surface area contributed by atoms with Gasteiger partial charge in [0, 0.05) is 24.2 Å². The number of nitrogens with zero attached hydrogens (tertiary/aromatic N) is 1. The van der Waals surface area contributed by atoms with Gasteiger partial charge >= 0.3 is 0 Å². The zero-order chi connectivity index (χ0) is 15.3. The predicted octanol–water partition coefficient (Wildman–Crippen LogP) is 0.855. The van der Waals surface area contributed by atoms with Crippen molar-refractivity contribution in [1.29, 1.82) is 0 Å². The number of H-pyrrole nitrogens is 1. The lowest BCUT2D eigenvalue weighted by molar-refractivity contribution is 0.583. The SMILES string of the molecule is CNS(=O)(=O)CCNCc1cn[nH]c1-c1ccc(F)cc1. The average Bonchev–Trinajstić information content (AvgIpc) is 2.93. The molecule has 0 bridgehead atoms. The van der Waals surface area contributed by atoms with Gasteiger partial charge < -0.3 is 5.32 Å². The molecule has 1 aromatic heterocycles. The Hall–Kier alpha value is -1.77. The number of aromatic amines is 1. The maximum atomic E-state index is 12.9. The predicted molar refractivity (Wildman–Crippen MR) is 78.5 cm³/mol. The first-order chi connectivity index (χ1) is 10.0. The van der Waals surface area contributed by atoms with E-state index in [1.807, 2.05) is 0 Å². The lowest BCUT2D eigenvalue weighted by atomic mass is 10.1. The van der Waals surface area contributed by atoms with Gasteiger partial charge in [0.05, 0.1) is 17.6 Å². The second kappa shape index (κ2) is 6.79. The summed E-state index contributed by atoms with van der Waals surface area (Å²) in [5.74, 6) is -0.289. The number of hydrogen-bond donors (Lipinski definition) is 3. The van der Waals surface area contributed by atoms with Crippen molar-refractivity contribution in [3.8, 4) is 11.3 Å². The highest BCUT2D eigenvalue weighted by Gasteiger charge is 2.09. The molecule has 0 amide bonds. The summed E-state index contributed by atoms with van der Waals surface area (Å²) in [5, 5.41) is 9.89. The highest BCUT2D eigenvalue weighted by Crippen LogP contribution is 2.21. The van der Waals surface area contributed by atoms with Crippen molar-refractivity contribution in [1.82, 2.24) is 20.2 Å². The fourth-order valence-electron chi connectivity index (χ4n) is 1.84. The molecule has 21 heavy (non-hydrogen) atoms. The minimum Gasteiger partial charge on any atom is -0.311 e. The van der Waals surface area contributed by atoms with E-state index in [1.165, 1.54) is 19.2 Å². The van der Waals surface area contributed by atoms with Crippen LogP contribution in [0.15, 0.2) is 30.5 Å². The third-order valence-electron chi connectivity index (χ3n) is 3.02. The molecule has 0 aliphatic rings. The summed E-state index contributed by atoms with van der Waals surface area (Å²) in [7, 11) is -1.82. The minimum absolute atomic E-state index is 0.00718. The molecule has 0 atom stereocenters. The van der Waals surface area contributed by atoms with Crippen molar-refractivity contribution in [2.75, 3.05) is 19.3 Å². The number of nitrogens with one attached hydrogen (secondary N) is 3. The van der Waals surface area contributed by atoms with E-state index in [9.17, 15) is 12.8 Å². The minimum atomic E-state index is -3.21. The Labute approximate surface area is 122 Å². The van der Waals surface area contributed by atoms with Gasteiger partial charge in [0.25, 0.3) is 0 Å². The van der Waals surface area contributed by atoms with E-state index in [0.29, 0.717) is 13.1 Å². The Morgan fingerprint density at radius 2 is 2.00 bits per heavy atom. The van der Waals surface area contributed by atoms with Crippen molar-refractivity contribution in [2.24, 2.45) is 0 Å². The lowest BCUT2D eigenvalue weighted by Crippen LogP contribution is -2.29. The summed E-state index contributed by atoms with van der Waals surface area (Å²) in [6.07, 6.45) is 1.66. The topological polar surface area (TPSA) is 86.9 Å². The molecule has 1 heterocycles. The van der Waals surface area contributed by atoms with Crippen LogP contribution in [0.5, 0.6) is 0 Å². The third-order valence-corrected chi connectivity index (χ3v) is 4.39. The number of benzene rings is 1. The Morgan fingerprint density at radius 3 is 2.67 bits per heavy atom. The molecular weight excluding hydrogens is 295 g/mol. The maximum absolute atomic E-state index is 12.9. The van der Waals surface area contributed by atoms with Gasteiger partial charge in [-0.3, -0.25) is 5.10 Å². The van der Waals surface area contributed by atoms with E-state index in [0.717, 1.165) is 16.8 Å². The third kappa shape index (κ3) is 4.35. The van der Waals surface area contributed by atoms with Gasteiger partial charge in [-0.2, -0.15) is 5.10 Å². The lowest BCUT2D eigenvalue weighted by Gasteiger charge is -2.06. The molecule has 3 N–H and O–H groups in total. The summed E-state index contributed by atoms with van der Waals surface area (Å²) in [4.78, 5) is 0. The second-order valence-corrected chi connectivity index (χ2v) is 6.52. The van der Waals surface area contributed by atoms with Crippen LogP contribution in [0.4, 0.5) is 4.39 Å². The molecule has 0 radical (unpaired) electrons. The normalized spacial score (nSPS) is 11.7. The van der Waals surface area contributed by atoms with Crippen LogP contribution < -0.4 is 10.0 Å². The summed E-state index contributed by atoms with van der Waals surface area (Å²) < 4.78 is 37.7. The number of halogens is 1. The zero-order valence-electron chi connectivity index (χ0n) is 11.6.